The topological polar surface area (TPSA) is 59.6 Å². The third-order valence-corrected chi connectivity index (χ3v) is 5.40. The predicted octanol–water partition coefficient (Wildman–Crippen LogP) is 3.55. The van der Waals surface area contributed by atoms with Crippen LogP contribution in [0.15, 0.2) is 24.3 Å². The Kier molecular flexibility index (Phi) is 5.48. The van der Waals surface area contributed by atoms with Gasteiger partial charge in [-0.15, -0.1) is 0 Å². The molecule has 4 atom stereocenters. The largest absolute Gasteiger partial charge is 0.494 e. The van der Waals surface area contributed by atoms with Crippen molar-refractivity contribution >= 4 is 6.03 Å². The Labute approximate surface area is 144 Å². The molecule has 0 aliphatic heterocycles. The second kappa shape index (κ2) is 7.77. The molecule has 0 radical (unpaired) electrons. The summed E-state index contributed by atoms with van der Waals surface area (Å²) in [6.07, 6.45) is 5.35. The molecule has 2 N–H and O–H groups in total. The summed E-state index contributed by atoms with van der Waals surface area (Å²) < 4.78 is 10.9. The van der Waals surface area contributed by atoms with E-state index in [-0.39, 0.29) is 18.8 Å². The lowest BCUT2D eigenvalue weighted by molar-refractivity contribution is 0.207. The van der Waals surface area contributed by atoms with E-state index in [1.54, 1.807) is 0 Å². The van der Waals surface area contributed by atoms with E-state index in [0.717, 1.165) is 17.6 Å². The Balaban J connectivity index is 1.36. The first-order valence-corrected chi connectivity index (χ1v) is 9.05. The molecule has 0 saturated heterocycles. The minimum absolute atomic E-state index is 0.156. The lowest BCUT2D eigenvalue weighted by atomic mass is 9.84. The van der Waals surface area contributed by atoms with E-state index < -0.39 is 0 Å². The van der Waals surface area contributed by atoms with Gasteiger partial charge in [0.1, 0.15) is 11.5 Å². The van der Waals surface area contributed by atoms with Crippen molar-refractivity contribution in [1.82, 2.24) is 10.6 Å². The first kappa shape index (κ1) is 16.9. The van der Waals surface area contributed by atoms with Crippen LogP contribution in [0.25, 0.3) is 0 Å². The van der Waals surface area contributed by atoms with E-state index in [4.69, 9.17) is 9.47 Å². The standard InChI is InChI=1S/C19H28N2O3/c1-3-23-16-6-8-17(9-7-16)24-12-20-19(22)21-13(2)18-11-14-4-5-15(18)10-14/h6-9,13-15,18H,3-5,10-12H2,1-2H3,(H2,20,21,22). The van der Waals surface area contributed by atoms with Crippen LogP contribution in [0.2, 0.25) is 0 Å². The minimum Gasteiger partial charge on any atom is -0.494 e. The highest BCUT2D eigenvalue weighted by atomic mass is 16.5. The molecule has 0 spiro atoms. The maximum absolute atomic E-state index is 12.0. The second-order valence-electron chi connectivity index (χ2n) is 6.97. The molecule has 132 valence electrons. The van der Waals surface area contributed by atoms with Crippen LogP contribution in [-0.2, 0) is 0 Å². The lowest BCUT2D eigenvalue weighted by Gasteiger charge is -2.28. The highest BCUT2D eigenvalue weighted by molar-refractivity contribution is 5.74. The molecule has 0 heterocycles. The van der Waals surface area contributed by atoms with Crippen LogP contribution in [0.1, 0.15) is 39.5 Å². The van der Waals surface area contributed by atoms with Crippen LogP contribution in [-0.4, -0.2) is 25.4 Å². The molecule has 5 heteroatoms. The van der Waals surface area contributed by atoms with Gasteiger partial charge in [-0.25, -0.2) is 4.79 Å². The molecule has 4 unspecified atom stereocenters. The fourth-order valence-electron chi connectivity index (χ4n) is 4.25. The number of hydrogen-bond donors (Lipinski definition) is 2. The van der Waals surface area contributed by atoms with Gasteiger partial charge in [0.25, 0.3) is 0 Å². The van der Waals surface area contributed by atoms with Gasteiger partial charge in [-0.1, -0.05) is 6.42 Å². The van der Waals surface area contributed by atoms with Crippen molar-refractivity contribution < 1.29 is 14.3 Å². The first-order chi connectivity index (χ1) is 11.7. The van der Waals surface area contributed by atoms with Crippen molar-refractivity contribution in [2.45, 2.75) is 45.6 Å². The maximum Gasteiger partial charge on any atom is 0.317 e. The third-order valence-electron chi connectivity index (χ3n) is 5.40. The summed E-state index contributed by atoms with van der Waals surface area (Å²) in [6, 6.07) is 7.46. The molecule has 2 amide bonds. The van der Waals surface area contributed by atoms with Crippen LogP contribution < -0.4 is 20.1 Å². The van der Waals surface area contributed by atoms with E-state index >= 15 is 0 Å². The molecule has 1 aromatic rings. The summed E-state index contributed by atoms with van der Waals surface area (Å²) >= 11 is 0. The fourth-order valence-corrected chi connectivity index (χ4v) is 4.25. The van der Waals surface area contributed by atoms with Gasteiger partial charge >= 0.3 is 6.03 Å². The van der Waals surface area contributed by atoms with E-state index in [9.17, 15) is 4.79 Å². The second-order valence-corrected chi connectivity index (χ2v) is 6.97. The van der Waals surface area contributed by atoms with Crippen LogP contribution in [0, 0.1) is 17.8 Å². The van der Waals surface area contributed by atoms with Gasteiger partial charge in [0.05, 0.1) is 6.61 Å². The van der Waals surface area contributed by atoms with E-state index in [0.29, 0.717) is 18.3 Å². The molecule has 0 aromatic heterocycles. The van der Waals surface area contributed by atoms with E-state index in [1.807, 2.05) is 31.2 Å². The SMILES string of the molecule is CCOc1ccc(OCNC(=O)NC(C)C2CC3CCC2C3)cc1. The monoisotopic (exact) mass is 332 g/mol. The normalized spacial score (nSPS) is 26.0. The Morgan fingerprint density at radius 2 is 1.88 bits per heavy atom. The van der Waals surface area contributed by atoms with Crippen molar-refractivity contribution in [3.8, 4) is 11.5 Å². The molecule has 2 fully saturated rings. The number of ether oxygens (including phenoxy) is 2. The summed E-state index contributed by atoms with van der Waals surface area (Å²) in [7, 11) is 0. The van der Waals surface area contributed by atoms with Gasteiger partial charge < -0.3 is 20.1 Å². The van der Waals surface area contributed by atoms with Gasteiger partial charge in [-0.05, 0) is 75.1 Å². The molecular weight excluding hydrogens is 304 g/mol. The van der Waals surface area contributed by atoms with Gasteiger partial charge in [0, 0.05) is 6.04 Å². The Morgan fingerprint density at radius 1 is 1.17 bits per heavy atom. The molecule has 2 bridgehead atoms. The van der Waals surface area contributed by atoms with Crippen LogP contribution in [0.5, 0.6) is 11.5 Å². The molecule has 3 rings (SSSR count). The number of rotatable bonds is 7. The van der Waals surface area contributed by atoms with Crippen molar-refractivity contribution in [1.29, 1.82) is 0 Å². The predicted molar refractivity (Wildman–Crippen MR) is 93.2 cm³/mol. The van der Waals surface area contributed by atoms with Crippen LogP contribution in [0.4, 0.5) is 4.79 Å². The number of hydrogen-bond acceptors (Lipinski definition) is 3. The van der Waals surface area contributed by atoms with Crippen LogP contribution >= 0.6 is 0 Å². The summed E-state index contributed by atoms with van der Waals surface area (Å²) in [5.41, 5.74) is 0. The lowest BCUT2D eigenvalue weighted by Crippen LogP contribution is -2.46. The molecule has 2 aliphatic carbocycles. The van der Waals surface area contributed by atoms with Gasteiger partial charge in [-0.2, -0.15) is 0 Å². The van der Waals surface area contributed by atoms with Gasteiger partial charge in [-0.3, -0.25) is 0 Å². The number of carbonyl (C=O) groups is 1. The fraction of sp³-hybridized carbons (Fsp3) is 0.632. The zero-order valence-corrected chi connectivity index (χ0v) is 14.6. The highest BCUT2D eigenvalue weighted by Crippen LogP contribution is 2.49. The average Bonchev–Trinajstić information content (AvgIpc) is 3.20. The van der Waals surface area contributed by atoms with Crippen molar-refractivity contribution in [3.05, 3.63) is 24.3 Å². The van der Waals surface area contributed by atoms with Crippen molar-refractivity contribution in [2.75, 3.05) is 13.3 Å². The number of urea groups is 1. The molecule has 2 saturated carbocycles. The first-order valence-electron chi connectivity index (χ1n) is 9.05. The maximum atomic E-state index is 12.0. The number of nitrogens with one attached hydrogen (secondary N) is 2. The van der Waals surface area contributed by atoms with E-state index in [1.165, 1.54) is 25.7 Å². The minimum atomic E-state index is -0.156. The molecular formula is C19H28N2O3. The number of fused-ring (bicyclic) bond motifs is 2. The van der Waals surface area contributed by atoms with E-state index in [2.05, 4.69) is 17.6 Å². The molecule has 2 aliphatic rings. The number of benzene rings is 1. The number of carbonyl (C=O) groups excluding carboxylic acids is 1. The molecule has 24 heavy (non-hydrogen) atoms. The van der Waals surface area contributed by atoms with Gasteiger partial charge in [0.15, 0.2) is 6.73 Å². The third kappa shape index (κ3) is 4.13. The van der Waals surface area contributed by atoms with Crippen LogP contribution in [0.3, 0.4) is 0 Å². The molecule has 1 aromatic carbocycles. The van der Waals surface area contributed by atoms with Crippen molar-refractivity contribution in [2.24, 2.45) is 17.8 Å². The zero-order valence-electron chi connectivity index (χ0n) is 14.6. The average molecular weight is 332 g/mol. The zero-order chi connectivity index (χ0) is 16.9. The number of amides is 2. The van der Waals surface area contributed by atoms with Gasteiger partial charge in [0.2, 0.25) is 0 Å². The summed E-state index contributed by atoms with van der Waals surface area (Å²) in [5, 5.41) is 5.83. The smallest absolute Gasteiger partial charge is 0.317 e. The highest BCUT2D eigenvalue weighted by Gasteiger charge is 2.42. The summed E-state index contributed by atoms with van der Waals surface area (Å²) in [5.74, 6) is 3.87. The summed E-state index contributed by atoms with van der Waals surface area (Å²) in [4.78, 5) is 12.0. The summed E-state index contributed by atoms with van der Waals surface area (Å²) in [6.45, 7) is 4.87. The Hall–Kier alpha value is -1.91. The quantitative estimate of drug-likeness (QED) is 0.751. The molecule has 5 nitrogen and oxygen atoms in total. The Bertz CT molecular complexity index is 546. The van der Waals surface area contributed by atoms with Crippen molar-refractivity contribution in [3.63, 3.8) is 0 Å². The Morgan fingerprint density at radius 3 is 2.46 bits per heavy atom.